The Morgan fingerprint density at radius 3 is 2.62 bits per heavy atom. The lowest BCUT2D eigenvalue weighted by molar-refractivity contribution is -0.121. The highest BCUT2D eigenvalue weighted by Gasteiger charge is 2.32. The van der Waals surface area contributed by atoms with Crippen molar-refractivity contribution in [3.8, 4) is 5.75 Å². The van der Waals surface area contributed by atoms with Crippen LogP contribution in [0.4, 0.5) is 0 Å². The molecule has 2 N–H and O–H groups in total. The molecular formula is C18H29ClN2O3. The molecule has 1 amide bonds. The number of methoxy groups -OCH3 is 2. The lowest BCUT2D eigenvalue weighted by atomic mass is 9.79. The van der Waals surface area contributed by atoms with Crippen LogP contribution < -0.4 is 15.4 Å². The molecule has 0 saturated carbocycles. The summed E-state index contributed by atoms with van der Waals surface area (Å²) in [6.07, 6.45) is 2.38. The summed E-state index contributed by atoms with van der Waals surface area (Å²) in [5, 5.41) is 6.46. The smallest absolute Gasteiger partial charge is 0.224 e. The van der Waals surface area contributed by atoms with Crippen molar-refractivity contribution in [2.75, 3.05) is 40.5 Å². The van der Waals surface area contributed by atoms with Crippen molar-refractivity contribution in [2.45, 2.75) is 26.2 Å². The molecule has 1 aromatic carbocycles. The van der Waals surface area contributed by atoms with Crippen molar-refractivity contribution in [3.63, 3.8) is 0 Å². The lowest BCUT2D eigenvalue weighted by Gasteiger charge is -2.37. The molecule has 0 bridgehead atoms. The van der Waals surface area contributed by atoms with Gasteiger partial charge in [0.25, 0.3) is 0 Å². The Balaban J connectivity index is 0.00000288. The van der Waals surface area contributed by atoms with Gasteiger partial charge in [-0.25, -0.2) is 0 Å². The van der Waals surface area contributed by atoms with Gasteiger partial charge in [-0.05, 0) is 38.9 Å². The van der Waals surface area contributed by atoms with Gasteiger partial charge in [0.15, 0.2) is 0 Å². The van der Waals surface area contributed by atoms with Gasteiger partial charge in [-0.1, -0.05) is 17.7 Å². The second-order valence-corrected chi connectivity index (χ2v) is 6.45. The van der Waals surface area contributed by atoms with Crippen molar-refractivity contribution in [2.24, 2.45) is 5.41 Å². The molecule has 24 heavy (non-hydrogen) atoms. The third-order valence-electron chi connectivity index (χ3n) is 4.56. The molecule has 1 heterocycles. The third-order valence-corrected chi connectivity index (χ3v) is 4.56. The minimum absolute atomic E-state index is 0. The first-order valence-corrected chi connectivity index (χ1v) is 8.18. The Kier molecular flexibility index (Phi) is 8.53. The zero-order chi connectivity index (χ0) is 16.7. The Bertz CT molecular complexity index is 525. The molecule has 2 rings (SSSR count). The number of amides is 1. The van der Waals surface area contributed by atoms with Gasteiger partial charge in [-0.15, -0.1) is 12.4 Å². The Hall–Kier alpha value is -1.30. The van der Waals surface area contributed by atoms with Crippen LogP contribution in [-0.2, 0) is 16.0 Å². The minimum atomic E-state index is 0. The molecule has 136 valence electrons. The number of aryl methyl sites for hydroxylation is 1. The van der Waals surface area contributed by atoms with Crippen LogP contribution >= 0.6 is 12.4 Å². The number of ether oxygens (including phenoxy) is 2. The van der Waals surface area contributed by atoms with Crippen LogP contribution in [-0.4, -0.2) is 46.4 Å². The first kappa shape index (κ1) is 20.7. The number of nitrogens with one attached hydrogen (secondary N) is 2. The summed E-state index contributed by atoms with van der Waals surface area (Å²) in [5.74, 6) is 0.794. The van der Waals surface area contributed by atoms with Crippen LogP contribution in [0.15, 0.2) is 18.2 Å². The van der Waals surface area contributed by atoms with E-state index in [1.807, 2.05) is 25.1 Å². The van der Waals surface area contributed by atoms with Gasteiger partial charge in [-0.2, -0.15) is 0 Å². The van der Waals surface area contributed by atoms with E-state index in [0.29, 0.717) is 19.6 Å². The number of benzene rings is 1. The van der Waals surface area contributed by atoms with Crippen LogP contribution in [0.2, 0.25) is 0 Å². The van der Waals surface area contributed by atoms with Crippen LogP contribution in [0.5, 0.6) is 5.75 Å². The Labute approximate surface area is 150 Å². The maximum atomic E-state index is 12.4. The molecule has 1 aliphatic rings. The summed E-state index contributed by atoms with van der Waals surface area (Å²) in [4.78, 5) is 12.4. The summed E-state index contributed by atoms with van der Waals surface area (Å²) in [5.41, 5.74) is 2.10. The topological polar surface area (TPSA) is 59.6 Å². The average Bonchev–Trinajstić information content (AvgIpc) is 2.55. The molecule has 0 spiro atoms. The Morgan fingerprint density at radius 2 is 2.00 bits per heavy atom. The summed E-state index contributed by atoms with van der Waals surface area (Å²) >= 11 is 0. The second-order valence-electron chi connectivity index (χ2n) is 6.45. The molecule has 1 aromatic rings. The maximum Gasteiger partial charge on any atom is 0.224 e. The van der Waals surface area contributed by atoms with Gasteiger partial charge >= 0.3 is 0 Å². The van der Waals surface area contributed by atoms with Crippen molar-refractivity contribution < 1.29 is 14.3 Å². The number of carbonyl (C=O) groups excluding carboxylic acids is 1. The molecule has 1 aliphatic heterocycles. The fourth-order valence-corrected chi connectivity index (χ4v) is 3.20. The van der Waals surface area contributed by atoms with Gasteiger partial charge in [-0.3, -0.25) is 4.79 Å². The monoisotopic (exact) mass is 356 g/mol. The van der Waals surface area contributed by atoms with Crippen molar-refractivity contribution in [3.05, 3.63) is 29.3 Å². The molecule has 6 heteroatoms. The lowest BCUT2D eigenvalue weighted by Crippen LogP contribution is -2.47. The quantitative estimate of drug-likeness (QED) is 0.785. The number of hydrogen-bond acceptors (Lipinski definition) is 4. The van der Waals surface area contributed by atoms with E-state index in [2.05, 4.69) is 10.6 Å². The molecule has 0 aromatic heterocycles. The van der Waals surface area contributed by atoms with Crippen LogP contribution in [0, 0.1) is 12.3 Å². The number of rotatable bonds is 7. The molecule has 0 atom stereocenters. The fourth-order valence-electron chi connectivity index (χ4n) is 3.20. The largest absolute Gasteiger partial charge is 0.496 e. The van der Waals surface area contributed by atoms with Gasteiger partial charge < -0.3 is 20.1 Å². The highest BCUT2D eigenvalue weighted by molar-refractivity contribution is 5.85. The van der Waals surface area contributed by atoms with Gasteiger partial charge in [0, 0.05) is 24.6 Å². The molecule has 5 nitrogen and oxygen atoms in total. The zero-order valence-corrected chi connectivity index (χ0v) is 15.6. The molecule has 0 unspecified atom stereocenters. The van der Waals surface area contributed by atoms with Crippen molar-refractivity contribution >= 4 is 18.3 Å². The fraction of sp³-hybridized carbons (Fsp3) is 0.611. The van der Waals surface area contributed by atoms with Crippen LogP contribution in [0.3, 0.4) is 0 Å². The maximum absolute atomic E-state index is 12.4. The van der Waals surface area contributed by atoms with E-state index in [1.54, 1.807) is 14.2 Å². The first-order valence-electron chi connectivity index (χ1n) is 8.18. The van der Waals surface area contributed by atoms with Crippen LogP contribution in [0.25, 0.3) is 0 Å². The predicted octanol–water partition coefficient (Wildman–Crippen LogP) is 2.10. The minimum Gasteiger partial charge on any atom is -0.496 e. The number of hydrogen-bond donors (Lipinski definition) is 2. The van der Waals surface area contributed by atoms with Gasteiger partial charge in [0.05, 0.1) is 20.1 Å². The summed E-state index contributed by atoms with van der Waals surface area (Å²) in [7, 11) is 3.36. The third kappa shape index (κ3) is 5.65. The van der Waals surface area contributed by atoms with Crippen molar-refractivity contribution in [1.29, 1.82) is 0 Å². The van der Waals surface area contributed by atoms with E-state index in [4.69, 9.17) is 9.47 Å². The van der Waals surface area contributed by atoms with Gasteiger partial charge in [0.1, 0.15) is 5.75 Å². The molecule has 1 saturated heterocycles. The van der Waals surface area contributed by atoms with Crippen LogP contribution in [0.1, 0.15) is 24.0 Å². The van der Waals surface area contributed by atoms with E-state index < -0.39 is 0 Å². The predicted molar refractivity (Wildman–Crippen MR) is 98.1 cm³/mol. The summed E-state index contributed by atoms with van der Waals surface area (Å²) in [6.45, 7) is 5.32. The average molecular weight is 357 g/mol. The Morgan fingerprint density at radius 1 is 1.29 bits per heavy atom. The molecular weight excluding hydrogens is 328 g/mol. The standard InChI is InChI=1S/C18H28N2O3.ClH/c1-14-4-5-16(23-3)15(10-14)11-17(21)20-12-18(13-22-2)6-8-19-9-7-18;/h4-5,10,19H,6-9,11-13H2,1-3H3,(H,20,21);1H. The number of halogens is 1. The summed E-state index contributed by atoms with van der Waals surface area (Å²) in [6, 6.07) is 5.91. The molecule has 1 fully saturated rings. The molecule has 0 aliphatic carbocycles. The first-order chi connectivity index (χ1) is 11.1. The number of carbonyl (C=O) groups is 1. The van der Waals surface area contributed by atoms with E-state index in [0.717, 1.165) is 42.8 Å². The van der Waals surface area contributed by atoms with Gasteiger partial charge in [0.2, 0.25) is 5.91 Å². The van der Waals surface area contributed by atoms with E-state index in [9.17, 15) is 4.79 Å². The summed E-state index contributed by atoms with van der Waals surface area (Å²) < 4.78 is 10.7. The normalized spacial score (nSPS) is 16.1. The van der Waals surface area contributed by atoms with E-state index in [1.165, 1.54) is 0 Å². The SMILES string of the molecule is COCC1(CNC(=O)Cc2cc(C)ccc2OC)CCNCC1.Cl. The van der Waals surface area contributed by atoms with E-state index in [-0.39, 0.29) is 23.7 Å². The van der Waals surface area contributed by atoms with E-state index >= 15 is 0 Å². The molecule has 0 radical (unpaired) electrons. The highest BCUT2D eigenvalue weighted by Crippen LogP contribution is 2.28. The number of piperidine rings is 1. The van der Waals surface area contributed by atoms with Crippen molar-refractivity contribution in [1.82, 2.24) is 10.6 Å². The zero-order valence-electron chi connectivity index (χ0n) is 14.8. The second kappa shape index (κ2) is 9.87. The highest BCUT2D eigenvalue weighted by atomic mass is 35.5.